The SMILES string of the molecule is Cn1c(SCC(=O)NC2CCCC2)nc2c(sc(=S)n2-c2ccc(Cl)cc2)c1=O. The van der Waals surface area contributed by atoms with E-state index in [4.69, 9.17) is 23.8 Å². The van der Waals surface area contributed by atoms with E-state index in [2.05, 4.69) is 10.3 Å². The highest BCUT2D eigenvalue weighted by molar-refractivity contribution is 7.99. The predicted molar refractivity (Wildman–Crippen MR) is 121 cm³/mol. The molecule has 1 saturated carbocycles. The first-order chi connectivity index (χ1) is 13.9. The second-order valence-electron chi connectivity index (χ2n) is 6.93. The van der Waals surface area contributed by atoms with Gasteiger partial charge >= 0.3 is 0 Å². The van der Waals surface area contributed by atoms with E-state index in [0.717, 1.165) is 31.4 Å². The van der Waals surface area contributed by atoms with Crippen LogP contribution in [0.3, 0.4) is 0 Å². The fourth-order valence-electron chi connectivity index (χ4n) is 3.43. The lowest BCUT2D eigenvalue weighted by Gasteiger charge is -2.12. The standard InChI is InChI=1S/C19H19ClN4O2S3/c1-23-17(26)15-16(24(19(27)29-15)13-8-6-11(20)7-9-13)22-18(23)28-10-14(25)21-12-4-2-3-5-12/h6-9,12H,2-5,10H2,1H3,(H,21,25). The van der Waals surface area contributed by atoms with Gasteiger partial charge in [-0.1, -0.05) is 47.5 Å². The molecule has 0 spiro atoms. The Morgan fingerprint density at radius 1 is 1.34 bits per heavy atom. The molecule has 1 aliphatic rings. The second kappa shape index (κ2) is 8.59. The molecule has 1 aromatic carbocycles. The van der Waals surface area contributed by atoms with E-state index in [0.29, 0.717) is 24.5 Å². The van der Waals surface area contributed by atoms with Crippen LogP contribution < -0.4 is 10.9 Å². The fourth-order valence-corrected chi connectivity index (χ4v) is 5.68. The lowest BCUT2D eigenvalue weighted by Crippen LogP contribution is -2.34. The van der Waals surface area contributed by atoms with Crippen molar-refractivity contribution in [3.8, 4) is 5.69 Å². The van der Waals surface area contributed by atoms with Crippen LogP contribution in [0.5, 0.6) is 0 Å². The first-order valence-corrected chi connectivity index (χ1v) is 11.8. The Morgan fingerprint density at radius 3 is 2.72 bits per heavy atom. The smallest absolute Gasteiger partial charge is 0.273 e. The maximum absolute atomic E-state index is 12.9. The van der Waals surface area contributed by atoms with Crippen LogP contribution in [-0.2, 0) is 11.8 Å². The number of thioether (sulfide) groups is 1. The van der Waals surface area contributed by atoms with Crippen molar-refractivity contribution in [2.75, 3.05) is 5.75 Å². The Hall–Kier alpha value is -1.68. The first-order valence-electron chi connectivity index (χ1n) is 9.24. The van der Waals surface area contributed by atoms with Gasteiger partial charge in [0.15, 0.2) is 14.8 Å². The summed E-state index contributed by atoms with van der Waals surface area (Å²) in [4.78, 5) is 29.8. The van der Waals surface area contributed by atoms with E-state index in [-0.39, 0.29) is 23.3 Å². The average Bonchev–Trinajstić information content (AvgIpc) is 3.32. The summed E-state index contributed by atoms with van der Waals surface area (Å²) >= 11 is 14.0. The number of aromatic nitrogens is 3. The third-order valence-corrected chi connectivity index (χ3v) is 7.54. The van der Waals surface area contributed by atoms with Crippen LogP contribution in [0.4, 0.5) is 0 Å². The van der Waals surface area contributed by atoms with Crippen LogP contribution in [0.15, 0.2) is 34.2 Å². The van der Waals surface area contributed by atoms with Gasteiger partial charge < -0.3 is 5.32 Å². The van der Waals surface area contributed by atoms with E-state index in [1.165, 1.54) is 27.7 Å². The normalized spacial score (nSPS) is 14.6. The maximum atomic E-state index is 12.9. The molecule has 2 aromatic heterocycles. The quantitative estimate of drug-likeness (QED) is 0.344. The second-order valence-corrected chi connectivity index (χ2v) is 9.95. The van der Waals surface area contributed by atoms with Gasteiger partial charge in [-0.15, -0.1) is 0 Å². The van der Waals surface area contributed by atoms with E-state index < -0.39 is 0 Å². The van der Waals surface area contributed by atoms with Crippen molar-refractivity contribution in [1.82, 2.24) is 19.4 Å². The lowest BCUT2D eigenvalue weighted by molar-refractivity contribution is -0.119. The molecule has 1 aliphatic carbocycles. The van der Waals surface area contributed by atoms with Crippen molar-refractivity contribution in [3.05, 3.63) is 43.6 Å². The molecule has 4 rings (SSSR count). The topological polar surface area (TPSA) is 68.9 Å². The summed E-state index contributed by atoms with van der Waals surface area (Å²) in [5.41, 5.74) is 1.13. The summed E-state index contributed by atoms with van der Waals surface area (Å²) in [6.45, 7) is 0. The zero-order valence-corrected chi connectivity index (χ0v) is 18.9. The van der Waals surface area contributed by atoms with Gasteiger partial charge in [-0.3, -0.25) is 18.7 Å². The Bertz CT molecular complexity index is 1180. The molecule has 0 unspecified atom stereocenters. The van der Waals surface area contributed by atoms with Gasteiger partial charge in [0.25, 0.3) is 5.56 Å². The number of carbonyl (C=O) groups excluding carboxylic acids is 1. The molecule has 1 amide bonds. The van der Waals surface area contributed by atoms with Crippen molar-refractivity contribution >= 4 is 63.2 Å². The van der Waals surface area contributed by atoms with Crippen molar-refractivity contribution in [2.45, 2.75) is 36.9 Å². The molecule has 0 atom stereocenters. The van der Waals surface area contributed by atoms with Crippen molar-refractivity contribution in [2.24, 2.45) is 7.05 Å². The number of halogens is 1. The van der Waals surface area contributed by atoms with Crippen molar-refractivity contribution in [3.63, 3.8) is 0 Å². The minimum Gasteiger partial charge on any atom is -0.353 e. The van der Waals surface area contributed by atoms with Crippen LogP contribution in [0.2, 0.25) is 5.02 Å². The first kappa shape index (κ1) is 20.6. The highest BCUT2D eigenvalue weighted by Gasteiger charge is 2.19. The zero-order valence-electron chi connectivity index (χ0n) is 15.7. The molecule has 152 valence electrons. The van der Waals surface area contributed by atoms with Crippen LogP contribution >= 0.6 is 46.9 Å². The summed E-state index contributed by atoms with van der Waals surface area (Å²) in [5, 5.41) is 4.16. The third-order valence-electron chi connectivity index (χ3n) is 4.91. The van der Waals surface area contributed by atoms with Gasteiger partial charge in [0.2, 0.25) is 5.91 Å². The molecule has 2 heterocycles. The van der Waals surface area contributed by atoms with Gasteiger partial charge in [-0.2, -0.15) is 0 Å². The molecular weight excluding hydrogens is 448 g/mol. The number of carbonyl (C=O) groups is 1. The van der Waals surface area contributed by atoms with Gasteiger partial charge in [0.05, 0.1) is 5.75 Å². The van der Waals surface area contributed by atoms with Crippen LogP contribution in [0, 0.1) is 3.95 Å². The number of hydrogen-bond donors (Lipinski definition) is 1. The lowest BCUT2D eigenvalue weighted by atomic mass is 10.2. The molecule has 0 radical (unpaired) electrons. The number of benzene rings is 1. The molecular formula is C19H19ClN4O2S3. The fraction of sp³-hybridized carbons (Fsp3) is 0.368. The number of nitrogens with one attached hydrogen (secondary N) is 1. The number of fused-ring (bicyclic) bond motifs is 1. The number of amides is 1. The van der Waals surface area contributed by atoms with Crippen LogP contribution in [-0.4, -0.2) is 31.8 Å². The Balaban J connectivity index is 1.66. The zero-order chi connectivity index (χ0) is 20.5. The predicted octanol–water partition coefficient (Wildman–Crippen LogP) is 4.32. The number of rotatable bonds is 5. The third kappa shape index (κ3) is 4.28. The van der Waals surface area contributed by atoms with E-state index in [9.17, 15) is 9.59 Å². The van der Waals surface area contributed by atoms with Gasteiger partial charge in [0.1, 0.15) is 4.70 Å². The Morgan fingerprint density at radius 2 is 2.03 bits per heavy atom. The maximum Gasteiger partial charge on any atom is 0.273 e. The Kier molecular flexibility index (Phi) is 6.10. The van der Waals surface area contributed by atoms with Crippen LogP contribution in [0.1, 0.15) is 25.7 Å². The molecule has 6 nitrogen and oxygen atoms in total. The van der Waals surface area contributed by atoms with Crippen molar-refractivity contribution < 1.29 is 4.79 Å². The molecule has 0 bridgehead atoms. The monoisotopic (exact) mass is 466 g/mol. The summed E-state index contributed by atoms with van der Waals surface area (Å²) in [5.74, 6) is 0.185. The van der Waals surface area contributed by atoms with Gasteiger partial charge in [-0.25, -0.2) is 4.98 Å². The van der Waals surface area contributed by atoms with E-state index in [1.807, 2.05) is 12.1 Å². The van der Waals surface area contributed by atoms with Crippen molar-refractivity contribution in [1.29, 1.82) is 0 Å². The molecule has 1 N–H and O–H groups in total. The molecule has 3 aromatic rings. The summed E-state index contributed by atoms with van der Waals surface area (Å²) < 4.78 is 4.28. The van der Waals surface area contributed by atoms with E-state index in [1.54, 1.807) is 23.7 Å². The molecule has 0 aliphatic heterocycles. The molecule has 10 heteroatoms. The summed E-state index contributed by atoms with van der Waals surface area (Å²) in [6.07, 6.45) is 4.40. The Labute approximate surface area is 185 Å². The largest absolute Gasteiger partial charge is 0.353 e. The summed E-state index contributed by atoms with van der Waals surface area (Å²) in [7, 11) is 1.67. The number of hydrogen-bond acceptors (Lipinski definition) is 6. The minimum absolute atomic E-state index is 0.0314. The minimum atomic E-state index is -0.169. The average molecular weight is 467 g/mol. The highest BCUT2D eigenvalue weighted by atomic mass is 35.5. The molecule has 0 saturated heterocycles. The highest BCUT2D eigenvalue weighted by Crippen LogP contribution is 2.26. The van der Waals surface area contributed by atoms with E-state index >= 15 is 0 Å². The van der Waals surface area contributed by atoms with Gasteiger partial charge in [0, 0.05) is 23.8 Å². The number of nitrogens with zero attached hydrogens (tertiary/aromatic N) is 3. The number of thiazole rings is 1. The molecule has 29 heavy (non-hydrogen) atoms. The summed E-state index contributed by atoms with van der Waals surface area (Å²) in [6, 6.07) is 7.49. The van der Waals surface area contributed by atoms with Crippen LogP contribution in [0.25, 0.3) is 16.0 Å². The molecule has 1 fully saturated rings. The van der Waals surface area contributed by atoms with Gasteiger partial charge in [-0.05, 0) is 49.3 Å².